The SMILES string of the molecule is COc1cc(NC(=O)C(C)(C)C)c(C(=O)N2CCNCC2)cc1OC.Cl. The van der Waals surface area contributed by atoms with Crippen LogP contribution in [0.4, 0.5) is 5.69 Å². The number of carbonyl (C=O) groups is 2. The molecule has 1 aromatic rings. The minimum absolute atomic E-state index is 0. The summed E-state index contributed by atoms with van der Waals surface area (Å²) in [5.74, 6) is 0.610. The summed E-state index contributed by atoms with van der Waals surface area (Å²) >= 11 is 0. The number of amides is 2. The molecule has 0 radical (unpaired) electrons. The highest BCUT2D eigenvalue weighted by atomic mass is 35.5. The second-order valence-corrected chi connectivity index (χ2v) is 7.00. The molecule has 0 saturated carbocycles. The van der Waals surface area contributed by atoms with E-state index in [1.165, 1.54) is 14.2 Å². The molecule has 1 fully saturated rings. The van der Waals surface area contributed by atoms with Crippen LogP contribution in [0, 0.1) is 5.41 Å². The first-order valence-electron chi connectivity index (χ1n) is 8.35. The molecule has 0 unspecified atom stereocenters. The average molecular weight is 386 g/mol. The summed E-state index contributed by atoms with van der Waals surface area (Å²) in [6.07, 6.45) is 0. The van der Waals surface area contributed by atoms with Crippen LogP contribution in [0.15, 0.2) is 12.1 Å². The summed E-state index contributed by atoms with van der Waals surface area (Å²) in [4.78, 5) is 27.2. The quantitative estimate of drug-likeness (QED) is 0.830. The van der Waals surface area contributed by atoms with Gasteiger partial charge in [0.15, 0.2) is 11.5 Å². The largest absolute Gasteiger partial charge is 0.493 e. The number of carbonyl (C=O) groups excluding carboxylic acids is 2. The lowest BCUT2D eigenvalue weighted by atomic mass is 9.95. The molecule has 2 N–H and O–H groups in total. The van der Waals surface area contributed by atoms with Crippen molar-refractivity contribution in [3.8, 4) is 11.5 Å². The van der Waals surface area contributed by atoms with Gasteiger partial charge in [-0.05, 0) is 6.07 Å². The fourth-order valence-corrected chi connectivity index (χ4v) is 2.51. The summed E-state index contributed by atoms with van der Waals surface area (Å²) < 4.78 is 10.6. The molecule has 1 aromatic carbocycles. The molecule has 0 aromatic heterocycles. The van der Waals surface area contributed by atoms with E-state index in [1.54, 1.807) is 17.0 Å². The third-order valence-electron chi connectivity index (χ3n) is 4.09. The van der Waals surface area contributed by atoms with Gasteiger partial charge in [-0.1, -0.05) is 20.8 Å². The lowest BCUT2D eigenvalue weighted by Crippen LogP contribution is -2.46. The monoisotopic (exact) mass is 385 g/mol. The van der Waals surface area contributed by atoms with Gasteiger partial charge in [-0.2, -0.15) is 0 Å². The molecule has 26 heavy (non-hydrogen) atoms. The number of hydrogen-bond donors (Lipinski definition) is 2. The van der Waals surface area contributed by atoms with Crippen molar-refractivity contribution in [3.05, 3.63) is 17.7 Å². The Hall–Kier alpha value is -1.99. The van der Waals surface area contributed by atoms with Crippen LogP contribution in [0.2, 0.25) is 0 Å². The van der Waals surface area contributed by atoms with E-state index >= 15 is 0 Å². The fraction of sp³-hybridized carbons (Fsp3) is 0.556. The van der Waals surface area contributed by atoms with E-state index in [0.717, 1.165) is 13.1 Å². The Balaban J connectivity index is 0.00000338. The molecule has 8 heteroatoms. The van der Waals surface area contributed by atoms with Crippen LogP contribution in [-0.2, 0) is 4.79 Å². The number of ether oxygens (including phenoxy) is 2. The van der Waals surface area contributed by atoms with Crippen molar-refractivity contribution in [2.45, 2.75) is 20.8 Å². The van der Waals surface area contributed by atoms with Gasteiger partial charge in [0.05, 0.1) is 25.5 Å². The van der Waals surface area contributed by atoms with Crippen molar-refractivity contribution >= 4 is 29.9 Å². The fourth-order valence-electron chi connectivity index (χ4n) is 2.51. The Morgan fingerprint density at radius 3 is 2.12 bits per heavy atom. The van der Waals surface area contributed by atoms with Crippen molar-refractivity contribution in [1.82, 2.24) is 10.2 Å². The van der Waals surface area contributed by atoms with E-state index in [0.29, 0.717) is 35.8 Å². The van der Waals surface area contributed by atoms with Crippen LogP contribution in [0.5, 0.6) is 11.5 Å². The number of hydrogen-bond acceptors (Lipinski definition) is 5. The van der Waals surface area contributed by atoms with Crippen molar-refractivity contribution in [2.24, 2.45) is 5.41 Å². The van der Waals surface area contributed by atoms with E-state index in [-0.39, 0.29) is 24.2 Å². The normalized spacial score (nSPS) is 14.3. The number of nitrogens with one attached hydrogen (secondary N) is 2. The van der Waals surface area contributed by atoms with Crippen LogP contribution >= 0.6 is 12.4 Å². The summed E-state index contributed by atoms with van der Waals surface area (Å²) in [7, 11) is 3.04. The van der Waals surface area contributed by atoms with E-state index in [4.69, 9.17) is 9.47 Å². The zero-order valence-electron chi connectivity index (χ0n) is 16.0. The van der Waals surface area contributed by atoms with E-state index in [2.05, 4.69) is 10.6 Å². The lowest BCUT2D eigenvalue weighted by Gasteiger charge is -2.29. The number of piperazine rings is 1. The highest BCUT2D eigenvalue weighted by molar-refractivity contribution is 6.05. The summed E-state index contributed by atoms with van der Waals surface area (Å²) in [5.41, 5.74) is 0.251. The molecule has 1 aliphatic rings. The van der Waals surface area contributed by atoms with Crippen LogP contribution < -0.4 is 20.1 Å². The van der Waals surface area contributed by atoms with Gasteiger partial charge in [0, 0.05) is 37.7 Å². The molecule has 1 aliphatic heterocycles. The first kappa shape index (κ1) is 22.1. The van der Waals surface area contributed by atoms with Gasteiger partial charge in [-0.25, -0.2) is 0 Å². The van der Waals surface area contributed by atoms with Crippen LogP contribution in [-0.4, -0.2) is 57.1 Å². The zero-order chi connectivity index (χ0) is 18.6. The van der Waals surface area contributed by atoms with Crippen molar-refractivity contribution in [2.75, 3.05) is 45.7 Å². The third kappa shape index (κ3) is 5.02. The van der Waals surface area contributed by atoms with E-state index in [1.807, 2.05) is 20.8 Å². The van der Waals surface area contributed by atoms with Crippen molar-refractivity contribution in [1.29, 1.82) is 0 Å². The second kappa shape index (κ2) is 9.09. The van der Waals surface area contributed by atoms with Crippen LogP contribution in [0.3, 0.4) is 0 Å². The maximum absolute atomic E-state index is 13.0. The van der Waals surface area contributed by atoms with Crippen molar-refractivity contribution < 1.29 is 19.1 Å². The predicted molar refractivity (Wildman–Crippen MR) is 104 cm³/mol. The maximum Gasteiger partial charge on any atom is 0.256 e. The molecule has 146 valence electrons. The highest BCUT2D eigenvalue weighted by Crippen LogP contribution is 2.34. The molecule has 0 bridgehead atoms. The number of halogens is 1. The first-order valence-corrected chi connectivity index (χ1v) is 8.35. The van der Waals surface area contributed by atoms with Crippen LogP contribution in [0.1, 0.15) is 31.1 Å². The molecule has 2 amide bonds. The van der Waals surface area contributed by atoms with Gasteiger partial charge >= 0.3 is 0 Å². The maximum atomic E-state index is 13.0. The van der Waals surface area contributed by atoms with Gasteiger partial charge in [0.25, 0.3) is 5.91 Å². The second-order valence-electron chi connectivity index (χ2n) is 7.00. The Morgan fingerprint density at radius 2 is 1.62 bits per heavy atom. The Morgan fingerprint density at radius 1 is 1.08 bits per heavy atom. The standard InChI is InChI=1S/C18H27N3O4.ClH/c1-18(2,3)17(23)20-13-11-15(25-5)14(24-4)10-12(13)16(22)21-8-6-19-7-9-21;/h10-11,19H,6-9H2,1-5H3,(H,20,23);1H. The molecule has 0 spiro atoms. The molecular formula is C18H28ClN3O4. The van der Waals surface area contributed by atoms with Gasteiger partial charge in [0.2, 0.25) is 5.91 Å². The predicted octanol–water partition coefficient (Wildman–Crippen LogP) is 2.16. The van der Waals surface area contributed by atoms with Crippen LogP contribution in [0.25, 0.3) is 0 Å². The topological polar surface area (TPSA) is 79.9 Å². The molecule has 1 saturated heterocycles. The Kier molecular flexibility index (Phi) is 7.71. The third-order valence-corrected chi connectivity index (χ3v) is 4.09. The Labute approximate surface area is 160 Å². The van der Waals surface area contributed by atoms with Gasteiger partial charge < -0.3 is 25.0 Å². The molecule has 0 atom stereocenters. The average Bonchev–Trinajstić information content (AvgIpc) is 2.60. The molecule has 1 heterocycles. The molecule has 7 nitrogen and oxygen atoms in total. The molecular weight excluding hydrogens is 358 g/mol. The number of benzene rings is 1. The first-order chi connectivity index (χ1) is 11.8. The lowest BCUT2D eigenvalue weighted by molar-refractivity contribution is -0.123. The number of methoxy groups -OCH3 is 2. The summed E-state index contributed by atoms with van der Waals surface area (Å²) in [6.45, 7) is 8.22. The van der Waals surface area contributed by atoms with Gasteiger partial charge in [-0.3, -0.25) is 9.59 Å². The minimum atomic E-state index is -0.581. The molecule has 2 rings (SSSR count). The minimum Gasteiger partial charge on any atom is -0.493 e. The Bertz CT molecular complexity index is 653. The summed E-state index contributed by atoms with van der Waals surface area (Å²) in [5, 5.41) is 6.08. The highest BCUT2D eigenvalue weighted by Gasteiger charge is 2.27. The summed E-state index contributed by atoms with van der Waals surface area (Å²) in [6, 6.07) is 3.26. The zero-order valence-corrected chi connectivity index (χ0v) is 16.8. The van der Waals surface area contributed by atoms with Gasteiger partial charge in [-0.15, -0.1) is 12.4 Å². The van der Waals surface area contributed by atoms with E-state index in [9.17, 15) is 9.59 Å². The van der Waals surface area contributed by atoms with E-state index < -0.39 is 5.41 Å². The molecule has 0 aliphatic carbocycles. The van der Waals surface area contributed by atoms with Crippen molar-refractivity contribution in [3.63, 3.8) is 0 Å². The number of nitrogens with zero attached hydrogens (tertiary/aromatic N) is 1. The smallest absolute Gasteiger partial charge is 0.256 e. The van der Waals surface area contributed by atoms with Gasteiger partial charge in [0.1, 0.15) is 0 Å². The number of rotatable bonds is 4. The number of anilines is 1.